The van der Waals surface area contributed by atoms with Gasteiger partial charge < -0.3 is 9.64 Å². The molecule has 2 heterocycles. The Labute approximate surface area is 186 Å². The van der Waals surface area contributed by atoms with E-state index in [4.69, 9.17) is 9.72 Å². The highest BCUT2D eigenvalue weighted by Gasteiger charge is 2.23. The number of thioether (sulfide) groups is 1. The van der Waals surface area contributed by atoms with Crippen molar-refractivity contribution in [1.82, 2.24) is 9.55 Å². The zero-order valence-corrected chi connectivity index (χ0v) is 18.8. The van der Waals surface area contributed by atoms with Crippen LogP contribution in [0, 0.1) is 0 Å². The van der Waals surface area contributed by atoms with Gasteiger partial charge in [-0.1, -0.05) is 37.2 Å². The van der Waals surface area contributed by atoms with E-state index in [0.29, 0.717) is 29.1 Å². The molecule has 2 aromatic carbocycles. The first kappa shape index (κ1) is 21.4. The number of aryl methyl sites for hydroxylation is 1. The molecule has 7 heteroatoms. The Morgan fingerprint density at radius 1 is 1.23 bits per heavy atom. The molecule has 6 nitrogen and oxygen atoms in total. The van der Waals surface area contributed by atoms with Crippen molar-refractivity contribution in [3.63, 3.8) is 0 Å². The number of amides is 1. The van der Waals surface area contributed by atoms with Gasteiger partial charge in [-0.15, -0.1) is 0 Å². The number of benzene rings is 2. The van der Waals surface area contributed by atoms with Crippen molar-refractivity contribution in [2.45, 2.75) is 44.3 Å². The van der Waals surface area contributed by atoms with Gasteiger partial charge in [-0.3, -0.25) is 14.2 Å². The molecule has 0 unspecified atom stereocenters. The first-order valence-corrected chi connectivity index (χ1v) is 11.7. The van der Waals surface area contributed by atoms with Gasteiger partial charge in [-0.25, -0.2) is 4.98 Å². The Morgan fingerprint density at radius 3 is 2.87 bits per heavy atom. The second-order valence-corrected chi connectivity index (χ2v) is 8.60. The van der Waals surface area contributed by atoms with Gasteiger partial charge in [0.2, 0.25) is 5.91 Å². The lowest BCUT2D eigenvalue weighted by molar-refractivity contribution is -0.116. The van der Waals surface area contributed by atoms with E-state index < -0.39 is 0 Å². The third-order valence-corrected chi connectivity index (χ3v) is 6.55. The standard InChI is InChI=1S/C24H27N3O3S/c1-3-4-13-27-23(29)19-9-5-6-10-20(19)25-24(27)31-16-22(28)26-14-7-8-17-15-18(30-2)11-12-21(17)26/h5-6,9-12,15H,3-4,7-8,13-14,16H2,1-2H3. The minimum atomic E-state index is -0.0376. The summed E-state index contributed by atoms with van der Waals surface area (Å²) >= 11 is 1.35. The van der Waals surface area contributed by atoms with E-state index in [9.17, 15) is 9.59 Å². The Morgan fingerprint density at radius 2 is 2.06 bits per heavy atom. The number of ether oxygens (including phenoxy) is 1. The number of para-hydroxylation sites is 1. The van der Waals surface area contributed by atoms with E-state index in [1.807, 2.05) is 47.4 Å². The molecule has 1 amide bonds. The summed E-state index contributed by atoms with van der Waals surface area (Å²) in [5.74, 6) is 1.07. The van der Waals surface area contributed by atoms with Crippen LogP contribution >= 0.6 is 11.8 Å². The van der Waals surface area contributed by atoms with Crippen LogP contribution in [-0.2, 0) is 17.8 Å². The van der Waals surface area contributed by atoms with Crippen LogP contribution in [0.3, 0.4) is 0 Å². The molecule has 1 aromatic heterocycles. The summed E-state index contributed by atoms with van der Waals surface area (Å²) < 4.78 is 7.05. The number of aromatic nitrogens is 2. The van der Waals surface area contributed by atoms with E-state index in [-0.39, 0.29) is 17.2 Å². The lowest BCUT2D eigenvalue weighted by Crippen LogP contribution is -2.37. The van der Waals surface area contributed by atoms with Gasteiger partial charge >= 0.3 is 0 Å². The Bertz CT molecular complexity index is 1160. The van der Waals surface area contributed by atoms with Crippen molar-refractivity contribution in [2.24, 2.45) is 0 Å². The van der Waals surface area contributed by atoms with Crippen molar-refractivity contribution in [3.05, 3.63) is 58.4 Å². The maximum atomic E-state index is 13.1. The maximum Gasteiger partial charge on any atom is 0.262 e. The fourth-order valence-corrected chi connectivity index (χ4v) is 4.84. The predicted octanol–water partition coefficient (Wildman–Crippen LogP) is 4.28. The summed E-state index contributed by atoms with van der Waals surface area (Å²) in [6, 6.07) is 13.3. The number of anilines is 1. The number of methoxy groups -OCH3 is 1. The van der Waals surface area contributed by atoms with Crippen LogP contribution in [0.25, 0.3) is 10.9 Å². The average Bonchev–Trinajstić information content (AvgIpc) is 2.81. The van der Waals surface area contributed by atoms with Gasteiger partial charge in [0, 0.05) is 18.8 Å². The maximum absolute atomic E-state index is 13.1. The zero-order chi connectivity index (χ0) is 21.8. The molecule has 0 atom stereocenters. The molecule has 1 aliphatic rings. The molecule has 0 bridgehead atoms. The molecule has 0 radical (unpaired) electrons. The average molecular weight is 438 g/mol. The van der Waals surface area contributed by atoms with Gasteiger partial charge in [0.1, 0.15) is 5.75 Å². The summed E-state index contributed by atoms with van der Waals surface area (Å²) in [5.41, 5.74) is 2.72. The predicted molar refractivity (Wildman–Crippen MR) is 125 cm³/mol. The second kappa shape index (κ2) is 9.56. The summed E-state index contributed by atoms with van der Waals surface area (Å²) in [5, 5.41) is 1.23. The van der Waals surface area contributed by atoms with Crippen molar-refractivity contribution < 1.29 is 9.53 Å². The fourth-order valence-electron chi connectivity index (χ4n) is 3.93. The highest BCUT2D eigenvalue weighted by atomic mass is 32.2. The van der Waals surface area contributed by atoms with E-state index >= 15 is 0 Å². The summed E-state index contributed by atoms with van der Waals surface area (Å²) in [6.45, 7) is 3.40. The van der Waals surface area contributed by atoms with Crippen LogP contribution < -0.4 is 15.2 Å². The Kier molecular flexibility index (Phi) is 6.61. The highest BCUT2D eigenvalue weighted by molar-refractivity contribution is 7.99. The number of nitrogens with zero attached hydrogens (tertiary/aromatic N) is 3. The van der Waals surface area contributed by atoms with E-state index in [1.165, 1.54) is 11.8 Å². The number of unbranched alkanes of at least 4 members (excludes halogenated alkanes) is 1. The van der Waals surface area contributed by atoms with Gasteiger partial charge in [-0.05, 0) is 55.2 Å². The Hall–Kier alpha value is -2.80. The monoisotopic (exact) mass is 437 g/mol. The number of hydrogen-bond acceptors (Lipinski definition) is 5. The van der Waals surface area contributed by atoms with Crippen LogP contribution in [0.5, 0.6) is 5.75 Å². The van der Waals surface area contributed by atoms with Crippen LogP contribution in [-0.4, -0.2) is 34.9 Å². The molecule has 0 saturated carbocycles. The molecule has 0 saturated heterocycles. The van der Waals surface area contributed by atoms with E-state index in [0.717, 1.165) is 42.7 Å². The molecule has 4 rings (SSSR count). The lowest BCUT2D eigenvalue weighted by Gasteiger charge is -2.29. The molecule has 3 aromatic rings. The molecule has 0 fully saturated rings. The number of hydrogen-bond donors (Lipinski definition) is 0. The number of carbonyl (C=O) groups is 1. The minimum absolute atomic E-state index is 0.0283. The molecular weight excluding hydrogens is 410 g/mol. The normalized spacial score (nSPS) is 13.3. The number of fused-ring (bicyclic) bond motifs is 2. The fraction of sp³-hybridized carbons (Fsp3) is 0.375. The van der Waals surface area contributed by atoms with Crippen LogP contribution in [0.4, 0.5) is 5.69 Å². The molecule has 0 spiro atoms. The summed E-state index contributed by atoms with van der Waals surface area (Å²) in [7, 11) is 1.65. The van der Waals surface area contributed by atoms with E-state index in [1.54, 1.807) is 11.7 Å². The van der Waals surface area contributed by atoms with Crippen molar-refractivity contribution in [1.29, 1.82) is 0 Å². The minimum Gasteiger partial charge on any atom is -0.497 e. The SMILES string of the molecule is CCCCn1c(SCC(=O)N2CCCc3cc(OC)ccc32)nc2ccccc2c1=O. The van der Waals surface area contributed by atoms with Crippen molar-refractivity contribution in [2.75, 3.05) is 24.3 Å². The van der Waals surface area contributed by atoms with Gasteiger partial charge in [0.15, 0.2) is 5.16 Å². The topological polar surface area (TPSA) is 64.4 Å². The smallest absolute Gasteiger partial charge is 0.262 e. The van der Waals surface area contributed by atoms with E-state index in [2.05, 4.69) is 6.92 Å². The third-order valence-electron chi connectivity index (χ3n) is 5.59. The zero-order valence-electron chi connectivity index (χ0n) is 18.0. The molecule has 31 heavy (non-hydrogen) atoms. The third kappa shape index (κ3) is 4.46. The molecule has 162 valence electrons. The first-order valence-electron chi connectivity index (χ1n) is 10.7. The number of rotatable bonds is 7. The van der Waals surface area contributed by atoms with Gasteiger partial charge in [-0.2, -0.15) is 0 Å². The van der Waals surface area contributed by atoms with Crippen molar-refractivity contribution in [3.8, 4) is 5.75 Å². The molecule has 1 aliphatic heterocycles. The van der Waals surface area contributed by atoms with Gasteiger partial charge in [0.25, 0.3) is 5.56 Å². The molecular formula is C24H27N3O3S. The van der Waals surface area contributed by atoms with Crippen LogP contribution in [0.1, 0.15) is 31.7 Å². The van der Waals surface area contributed by atoms with Gasteiger partial charge in [0.05, 0.1) is 23.8 Å². The molecule has 0 aliphatic carbocycles. The summed E-state index contributed by atoms with van der Waals surface area (Å²) in [4.78, 5) is 32.7. The van der Waals surface area contributed by atoms with Crippen LogP contribution in [0.2, 0.25) is 0 Å². The second-order valence-electron chi connectivity index (χ2n) is 7.65. The first-order chi connectivity index (χ1) is 15.1. The highest BCUT2D eigenvalue weighted by Crippen LogP contribution is 2.31. The Balaban J connectivity index is 1.58. The largest absolute Gasteiger partial charge is 0.497 e. The van der Waals surface area contributed by atoms with Crippen molar-refractivity contribution >= 4 is 34.3 Å². The van der Waals surface area contributed by atoms with Crippen LogP contribution in [0.15, 0.2) is 52.4 Å². The summed E-state index contributed by atoms with van der Waals surface area (Å²) in [6.07, 6.45) is 3.73. The quantitative estimate of drug-likeness (QED) is 0.408. The lowest BCUT2D eigenvalue weighted by atomic mass is 10.0. The molecule has 0 N–H and O–H groups in total. The number of carbonyl (C=O) groups excluding carboxylic acids is 1.